The van der Waals surface area contributed by atoms with Gasteiger partial charge in [-0.25, -0.2) is 5.43 Å². The molecule has 0 saturated carbocycles. The SMILES string of the molecule is O=C(CCc1ccccc1)N/N=C\c1ccc(Oc2ccccc2)cc1. The number of hydrazone groups is 1. The van der Waals surface area contributed by atoms with Crippen molar-refractivity contribution in [3.8, 4) is 11.5 Å². The van der Waals surface area contributed by atoms with E-state index in [9.17, 15) is 4.79 Å². The molecule has 26 heavy (non-hydrogen) atoms. The summed E-state index contributed by atoms with van der Waals surface area (Å²) >= 11 is 0. The Balaban J connectivity index is 1.45. The molecule has 4 nitrogen and oxygen atoms in total. The zero-order valence-corrected chi connectivity index (χ0v) is 14.3. The highest BCUT2D eigenvalue weighted by molar-refractivity contribution is 5.82. The molecule has 130 valence electrons. The highest BCUT2D eigenvalue weighted by atomic mass is 16.5. The highest BCUT2D eigenvalue weighted by Gasteiger charge is 2.00. The van der Waals surface area contributed by atoms with Crippen LogP contribution in [0.1, 0.15) is 17.5 Å². The van der Waals surface area contributed by atoms with E-state index >= 15 is 0 Å². The van der Waals surface area contributed by atoms with Gasteiger partial charge in [0.05, 0.1) is 6.21 Å². The lowest BCUT2D eigenvalue weighted by molar-refractivity contribution is -0.121. The van der Waals surface area contributed by atoms with Crippen molar-refractivity contribution in [3.63, 3.8) is 0 Å². The van der Waals surface area contributed by atoms with Gasteiger partial charge in [-0.2, -0.15) is 5.10 Å². The molecule has 4 heteroatoms. The Labute approximate surface area is 153 Å². The van der Waals surface area contributed by atoms with E-state index in [1.807, 2.05) is 84.9 Å². The zero-order valence-electron chi connectivity index (χ0n) is 14.3. The van der Waals surface area contributed by atoms with Gasteiger partial charge in [-0.05, 0) is 53.9 Å². The molecule has 0 atom stereocenters. The molecule has 1 amide bonds. The van der Waals surface area contributed by atoms with Crippen molar-refractivity contribution in [1.82, 2.24) is 5.43 Å². The van der Waals surface area contributed by atoms with Gasteiger partial charge in [-0.3, -0.25) is 4.79 Å². The molecule has 3 aromatic rings. The van der Waals surface area contributed by atoms with E-state index in [2.05, 4.69) is 10.5 Å². The third-order valence-corrected chi connectivity index (χ3v) is 3.75. The third-order valence-electron chi connectivity index (χ3n) is 3.75. The summed E-state index contributed by atoms with van der Waals surface area (Å²) < 4.78 is 5.74. The summed E-state index contributed by atoms with van der Waals surface area (Å²) in [5.74, 6) is 1.44. The Kier molecular flexibility index (Phi) is 6.15. The van der Waals surface area contributed by atoms with Crippen molar-refractivity contribution in [2.45, 2.75) is 12.8 Å². The number of rotatable bonds is 7. The maximum absolute atomic E-state index is 11.8. The predicted octanol–water partition coefficient (Wildman–Crippen LogP) is 4.56. The van der Waals surface area contributed by atoms with Crippen LogP contribution in [0, 0.1) is 0 Å². The maximum Gasteiger partial charge on any atom is 0.240 e. The molecule has 0 unspecified atom stereocenters. The quantitative estimate of drug-likeness (QED) is 0.504. The number of nitrogens with zero attached hydrogens (tertiary/aromatic N) is 1. The van der Waals surface area contributed by atoms with Gasteiger partial charge in [0.1, 0.15) is 11.5 Å². The van der Waals surface area contributed by atoms with E-state index in [1.165, 1.54) is 0 Å². The molecule has 1 N–H and O–H groups in total. The van der Waals surface area contributed by atoms with Crippen LogP contribution < -0.4 is 10.2 Å². The van der Waals surface area contributed by atoms with Gasteiger partial charge in [0.15, 0.2) is 0 Å². The Bertz CT molecular complexity index is 844. The number of carbonyl (C=O) groups is 1. The first kappa shape index (κ1) is 17.4. The lowest BCUT2D eigenvalue weighted by Crippen LogP contribution is -2.17. The molecule has 0 bridgehead atoms. The van der Waals surface area contributed by atoms with Crippen LogP contribution in [-0.4, -0.2) is 12.1 Å². The zero-order chi connectivity index (χ0) is 18.0. The Hall–Kier alpha value is -3.40. The topological polar surface area (TPSA) is 50.7 Å². The Morgan fingerprint density at radius 3 is 2.15 bits per heavy atom. The van der Waals surface area contributed by atoms with Crippen LogP contribution in [0.2, 0.25) is 0 Å². The summed E-state index contributed by atoms with van der Waals surface area (Å²) in [4.78, 5) is 11.8. The molecule has 3 aromatic carbocycles. The maximum atomic E-state index is 11.8. The van der Waals surface area contributed by atoms with E-state index < -0.39 is 0 Å². The van der Waals surface area contributed by atoms with Crippen LogP contribution in [0.4, 0.5) is 0 Å². The largest absolute Gasteiger partial charge is 0.457 e. The van der Waals surface area contributed by atoms with Crippen LogP contribution in [-0.2, 0) is 11.2 Å². The van der Waals surface area contributed by atoms with Gasteiger partial charge in [0.2, 0.25) is 5.91 Å². The lowest BCUT2D eigenvalue weighted by Gasteiger charge is -2.05. The first-order valence-corrected chi connectivity index (χ1v) is 8.48. The molecule has 0 aliphatic carbocycles. The molecule has 3 rings (SSSR count). The number of nitrogens with one attached hydrogen (secondary N) is 1. The van der Waals surface area contributed by atoms with Crippen LogP contribution >= 0.6 is 0 Å². The van der Waals surface area contributed by atoms with Gasteiger partial charge >= 0.3 is 0 Å². The van der Waals surface area contributed by atoms with Gasteiger partial charge in [-0.1, -0.05) is 48.5 Å². The number of hydrogen-bond acceptors (Lipinski definition) is 3. The van der Waals surface area contributed by atoms with E-state index in [0.717, 1.165) is 22.6 Å². The van der Waals surface area contributed by atoms with Crippen molar-refractivity contribution in [2.75, 3.05) is 0 Å². The molecule has 0 aliphatic heterocycles. The lowest BCUT2D eigenvalue weighted by atomic mass is 10.1. The number of hydrogen-bond donors (Lipinski definition) is 1. The highest BCUT2D eigenvalue weighted by Crippen LogP contribution is 2.20. The second-order valence-electron chi connectivity index (χ2n) is 5.76. The van der Waals surface area contributed by atoms with Gasteiger partial charge in [0.25, 0.3) is 0 Å². The molecule has 0 heterocycles. The number of carbonyl (C=O) groups excluding carboxylic acids is 1. The fourth-order valence-corrected chi connectivity index (χ4v) is 2.38. The van der Waals surface area contributed by atoms with Crippen molar-refractivity contribution in [3.05, 3.63) is 96.1 Å². The predicted molar refractivity (Wildman–Crippen MR) is 103 cm³/mol. The van der Waals surface area contributed by atoms with Gasteiger partial charge in [-0.15, -0.1) is 0 Å². The molecule has 0 radical (unpaired) electrons. The van der Waals surface area contributed by atoms with Gasteiger partial charge < -0.3 is 4.74 Å². The summed E-state index contributed by atoms with van der Waals surface area (Å²) in [6.07, 6.45) is 2.73. The minimum atomic E-state index is -0.103. The molecular formula is C22H20N2O2. The van der Waals surface area contributed by atoms with Crippen LogP contribution in [0.3, 0.4) is 0 Å². The van der Waals surface area contributed by atoms with Crippen molar-refractivity contribution in [1.29, 1.82) is 0 Å². The summed E-state index contributed by atoms with van der Waals surface area (Å²) in [6, 6.07) is 27.0. The number of aryl methyl sites for hydroxylation is 1. The summed E-state index contributed by atoms with van der Waals surface area (Å²) in [7, 11) is 0. The minimum Gasteiger partial charge on any atom is -0.457 e. The van der Waals surface area contributed by atoms with Crippen molar-refractivity contribution in [2.24, 2.45) is 5.10 Å². The second-order valence-corrected chi connectivity index (χ2v) is 5.76. The van der Waals surface area contributed by atoms with Crippen LogP contribution in [0.5, 0.6) is 11.5 Å². The number of benzene rings is 3. The standard InChI is InChI=1S/C22H20N2O2/c25-22(16-13-18-7-3-1-4-8-18)24-23-17-19-11-14-21(15-12-19)26-20-9-5-2-6-10-20/h1-12,14-15,17H,13,16H2,(H,24,25)/b23-17-. The summed E-state index contributed by atoms with van der Waals surface area (Å²) in [5.41, 5.74) is 4.58. The minimum absolute atomic E-state index is 0.103. The summed E-state index contributed by atoms with van der Waals surface area (Å²) in [6.45, 7) is 0. The second kappa shape index (κ2) is 9.18. The first-order valence-electron chi connectivity index (χ1n) is 8.48. The average molecular weight is 344 g/mol. The van der Waals surface area contributed by atoms with Crippen molar-refractivity contribution >= 4 is 12.1 Å². The van der Waals surface area contributed by atoms with E-state index in [0.29, 0.717) is 12.8 Å². The molecule has 0 aliphatic rings. The molecule has 0 spiro atoms. The smallest absolute Gasteiger partial charge is 0.240 e. The normalized spacial score (nSPS) is 10.6. The average Bonchev–Trinajstić information content (AvgIpc) is 2.69. The van der Waals surface area contributed by atoms with E-state index in [-0.39, 0.29) is 5.91 Å². The first-order chi connectivity index (χ1) is 12.8. The third kappa shape index (κ3) is 5.60. The monoisotopic (exact) mass is 344 g/mol. The fourth-order valence-electron chi connectivity index (χ4n) is 2.38. The van der Waals surface area contributed by atoms with E-state index in [1.54, 1.807) is 6.21 Å². The Morgan fingerprint density at radius 2 is 1.46 bits per heavy atom. The number of ether oxygens (including phenoxy) is 1. The molecule has 0 fully saturated rings. The van der Waals surface area contributed by atoms with Gasteiger partial charge in [0, 0.05) is 6.42 Å². The summed E-state index contributed by atoms with van der Waals surface area (Å²) in [5, 5.41) is 4.00. The van der Waals surface area contributed by atoms with Crippen LogP contribution in [0.15, 0.2) is 90.0 Å². The van der Waals surface area contributed by atoms with Crippen molar-refractivity contribution < 1.29 is 9.53 Å². The van der Waals surface area contributed by atoms with Crippen LogP contribution in [0.25, 0.3) is 0 Å². The number of para-hydroxylation sites is 1. The molecular weight excluding hydrogens is 324 g/mol. The molecule has 0 saturated heterocycles. The Morgan fingerprint density at radius 1 is 0.846 bits per heavy atom. The van der Waals surface area contributed by atoms with E-state index in [4.69, 9.17) is 4.74 Å². The fraction of sp³-hybridized carbons (Fsp3) is 0.0909. The molecule has 0 aromatic heterocycles. The number of amides is 1.